The van der Waals surface area contributed by atoms with Gasteiger partial charge in [0, 0.05) is 10.4 Å². The van der Waals surface area contributed by atoms with Gasteiger partial charge >= 0.3 is 11.9 Å². The number of amides is 1. The second-order valence-electron chi connectivity index (χ2n) is 10.1. The van der Waals surface area contributed by atoms with Crippen LogP contribution >= 0.6 is 11.3 Å². The Morgan fingerprint density at radius 2 is 1.71 bits per heavy atom. The maximum atomic E-state index is 13.3. The first-order valence-corrected chi connectivity index (χ1v) is 12.5. The molecule has 180 valence electrons. The van der Waals surface area contributed by atoms with Crippen LogP contribution < -0.4 is 5.32 Å². The van der Waals surface area contributed by atoms with Gasteiger partial charge in [-0.3, -0.25) is 9.59 Å². The van der Waals surface area contributed by atoms with E-state index in [1.54, 1.807) is 6.92 Å². The number of hydrogen-bond donors (Lipinski definition) is 2. The lowest BCUT2D eigenvalue weighted by Crippen LogP contribution is -2.36. The van der Waals surface area contributed by atoms with Crippen molar-refractivity contribution in [2.45, 2.75) is 46.5 Å². The fourth-order valence-corrected chi connectivity index (χ4v) is 6.29. The van der Waals surface area contributed by atoms with Crippen LogP contribution in [0.1, 0.15) is 54.9 Å². The zero-order valence-electron chi connectivity index (χ0n) is 20.2. The summed E-state index contributed by atoms with van der Waals surface area (Å²) in [7, 11) is 0. The highest BCUT2D eigenvalue weighted by atomic mass is 32.1. The minimum absolute atomic E-state index is 0.00111. The smallest absolute Gasteiger partial charge is 0.341 e. The molecule has 4 atom stereocenters. The van der Waals surface area contributed by atoms with Crippen molar-refractivity contribution in [2.24, 2.45) is 23.7 Å². The van der Waals surface area contributed by atoms with Crippen molar-refractivity contribution >= 4 is 34.2 Å². The van der Waals surface area contributed by atoms with Crippen molar-refractivity contribution in [3.63, 3.8) is 0 Å². The van der Waals surface area contributed by atoms with Crippen LogP contribution in [-0.4, -0.2) is 29.6 Å². The summed E-state index contributed by atoms with van der Waals surface area (Å²) in [6, 6.07) is 8.09. The van der Waals surface area contributed by atoms with Crippen LogP contribution in [0, 0.1) is 30.6 Å². The quantitative estimate of drug-likeness (QED) is 0.410. The Morgan fingerprint density at radius 1 is 1.09 bits per heavy atom. The lowest BCUT2D eigenvalue weighted by atomic mass is 9.82. The zero-order chi connectivity index (χ0) is 24.8. The molecule has 1 amide bonds. The predicted molar refractivity (Wildman–Crippen MR) is 133 cm³/mol. The monoisotopic (exact) mass is 481 g/mol. The lowest BCUT2D eigenvalue weighted by molar-refractivity contribution is -0.146. The van der Waals surface area contributed by atoms with Gasteiger partial charge < -0.3 is 15.2 Å². The summed E-state index contributed by atoms with van der Waals surface area (Å²) >= 11 is 1.32. The molecule has 1 aromatic heterocycles. The molecule has 2 bridgehead atoms. The largest absolute Gasteiger partial charge is 0.481 e. The number of carbonyl (C=O) groups is 3. The van der Waals surface area contributed by atoms with Gasteiger partial charge in [0.2, 0.25) is 5.91 Å². The number of rotatable bonds is 6. The number of nitrogens with one attached hydrogen (secondary N) is 1. The Hall–Kier alpha value is -2.93. The summed E-state index contributed by atoms with van der Waals surface area (Å²) in [5, 5.41) is 13.0. The molecule has 0 aliphatic heterocycles. The maximum Gasteiger partial charge on any atom is 0.341 e. The van der Waals surface area contributed by atoms with Gasteiger partial charge in [0.25, 0.3) is 0 Å². The van der Waals surface area contributed by atoms with Crippen LogP contribution in [0.25, 0.3) is 11.1 Å². The van der Waals surface area contributed by atoms with Crippen LogP contribution in [0.15, 0.2) is 36.4 Å². The van der Waals surface area contributed by atoms with Gasteiger partial charge in [-0.15, -0.1) is 11.3 Å². The fraction of sp³-hybridized carbons (Fsp3) is 0.444. The molecular weight excluding hydrogens is 450 g/mol. The second-order valence-corrected chi connectivity index (χ2v) is 11.3. The summed E-state index contributed by atoms with van der Waals surface area (Å²) in [6.07, 6.45) is 4.53. The highest BCUT2D eigenvalue weighted by molar-refractivity contribution is 7.17. The SMILES string of the molecule is CCOC(=O)c1c(NC(=O)[C@H]2[C@H](C(=O)O)[C@H]3C=C[C@H]2C3)sc(C)c1-c1ccc(C(C)(C)C)cc1. The molecule has 1 saturated carbocycles. The zero-order valence-corrected chi connectivity index (χ0v) is 21.0. The molecule has 2 aliphatic rings. The summed E-state index contributed by atoms with van der Waals surface area (Å²) < 4.78 is 5.35. The van der Waals surface area contributed by atoms with Crippen molar-refractivity contribution in [3.8, 4) is 11.1 Å². The number of hydrogen-bond acceptors (Lipinski definition) is 5. The molecule has 1 heterocycles. The minimum atomic E-state index is -0.954. The summed E-state index contributed by atoms with van der Waals surface area (Å²) in [5.74, 6) is -3.42. The average Bonchev–Trinajstić information content (AvgIpc) is 3.46. The Kier molecular flexibility index (Phi) is 6.42. The number of carbonyl (C=O) groups excluding carboxylic acids is 2. The first kappa shape index (κ1) is 24.2. The second kappa shape index (κ2) is 9.02. The number of carboxylic acid groups (broad SMARTS) is 1. The highest BCUT2D eigenvalue weighted by Crippen LogP contribution is 2.49. The number of benzene rings is 1. The Labute approximate surface area is 204 Å². The summed E-state index contributed by atoms with van der Waals surface area (Å²) in [5.41, 5.74) is 3.12. The molecule has 6 nitrogen and oxygen atoms in total. The first-order valence-electron chi connectivity index (χ1n) is 11.7. The van der Waals surface area contributed by atoms with Gasteiger partial charge in [0.05, 0.1) is 18.4 Å². The number of ether oxygens (including phenoxy) is 1. The molecule has 4 rings (SSSR count). The number of allylic oxidation sites excluding steroid dienone is 2. The number of anilines is 1. The van der Waals surface area contributed by atoms with E-state index >= 15 is 0 Å². The van der Waals surface area contributed by atoms with E-state index in [4.69, 9.17) is 4.74 Å². The van der Waals surface area contributed by atoms with E-state index in [9.17, 15) is 19.5 Å². The lowest BCUT2D eigenvalue weighted by Gasteiger charge is -2.23. The summed E-state index contributed by atoms with van der Waals surface area (Å²) in [4.78, 5) is 39.1. The van der Waals surface area contributed by atoms with Crippen LogP contribution in [0.3, 0.4) is 0 Å². The molecule has 2 N–H and O–H groups in total. The molecule has 1 fully saturated rings. The molecule has 1 aromatic carbocycles. The molecule has 2 aromatic rings. The van der Waals surface area contributed by atoms with Gasteiger partial charge in [-0.25, -0.2) is 4.79 Å². The van der Waals surface area contributed by atoms with E-state index in [2.05, 4.69) is 38.2 Å². The van der Waals surface area contributed by atoms with Crippen LogP contribution in [0.5, 0.6) is 0 Å². The van der Waals surface area contributed by atoms with Crippen LogP contribution in [0.2, 0.25) is 0 Å². The third-order valence-electron chi connectivity index (χ3n) is 6.89. The van der Waals surface area contributed by atoms with Crippen molar-refractivity contribution in [1.82, 2.24) is 0 Å². The summed E-state index contributed by atoms with van der Waals surface area (Å²) in [6.45, 7) is 10.3. The first-order chi connectivity index (χ1) is 16.0. The third-order valence-corrected chi connectivity index (χ3v) is 7.91. The molecule has 0 saturated heterocycles. The standard InChI is InChI=1S/C27H31NO5S/c1-6-33-26(32)22-19(15-9-11-18(12-10-15)27(3,4)5)14(2)34-24(22)28-23(29)20-16-7-8-17(13-16)21(20)25(30)31/h7-12,16-17,20-21H,6,13H2,1-5H3,(H,28,29)(H,30,31)/t16-,17-,20+,21+/m0/s1. The van der Waals surface area contributed by atoms with Gasteiger partial charge in [-0.2, -0.15) is 0 Å². The average molecular weight is 482 g/mol. The van der Waals surface area contributed by atoms with Gasteiger partial charge in [0.1, 0.15) is 10.6 Å². The minimum Gasteiger partial charge on any atom is -0.481 e. The van der Waals surface area contributed by atoms with Gasteiger partial charge in [-0.1, -0.05) is 57.2 Å². The fourth-order valence-electron chi connectivity index (χ4n) is 5.23. The molecule has 0 radical (unpaired) electrons. The van der Waals surface area contributed by atoms with Crippen molar-refractivity contribution in [1.29, 1.82) is 0 Å². The topological polar surface area (TPSA) is 92.7 Å². The maximum absolute atomic E-state index is 13.3. The van der Waals surface area contributed by atoms with Crippen molar-refractivity contribution < 1.29 is 24.2 Å². The molecule has 2 aliphatic carbocycles. The molecule has 0 spiro atoms. The molecule has 0 unspecified atom stereocenters. The van der Waals surface area contributed by atoms with Crippen LogP contribution in [-0.2, 0) is 19.7 Å². The number of fused-ring (bicyclic) bond motifs is 2. The normalized spacial score (nSPS) is 23.2. The molecule has 34 heavy (non-hydrogen) atoms. The van der Waals surface area contributed by atoms with Crippen molar-refractivity contribution in [2.75, 3.05) is 11.9 Å². The Balaban J connectivity index is 1.71. The van der Waals surface area contributed by atoms with Crippen LogP contribution in [0.4, 0.5) is 5.00 Å². The van der Waals surface area contributed by atoms with E-state index in [0.717, 1.165) is 16.0 Å². The highest BCUT2D eigenvalue weighted by Gasteiger charge is 2.51. The van der Waals surface area contributed by atoms with E-state index in [1.807, 2.05) is 31.2 Å². The number of aliphatic carboxylic acids is 1. The van der Waals surface area contributed by atoms with E-state index < -0.39 is 23.8 Å². The van der Waals surface area contributed by atoms with E-state index in [0.29, 0.717) is 17.0 Å². The van der Waals surface area contributed by atoms with E-state index in [-0.39, 0.29) is 29.8 Å². The Bertz CT molecular complexity index is 1150. The molecular formula is C27H31NO5S. The van der Waals surface area contributed by atoms with Gasteiger partial charge in [-0.05, 0) is 48.6 Å². The third kappa shape index (κ3) is 4.29. The number of carboxylic acids is 1. The van der Waals surface area contributed by atoms with Crippen molar-refractivity contribution in [3.05, 3.63) is 52.4 Å². The number of aryl methyl sites for hydroxylation is 1. The molecule has 7 heteroatoms. The number of esters is 1. The Morgan fingerprint density at radius 3 is 2.26 bits per heavy atom. The predicted octanol–water partition coefficient (Wildman–Crippen LogP) is 5.66. The van der Waals surface area contributed by atoms with E-state index in [1.165, 1.54) is 16.9 Å². The van der Waals surface area contributed by atoms with Gasteiger partial charge in [0.15, 0.2) is 0 Å². The number of thiophene rings is 1.